The van der Waals surface area contributed by atoms with Crippen molar-refractivity contribution < 1.29 is 27.5 Å². The SMILES string of the molecule is COc1cccc(C(=O)Nc2cnn3c2C(=O)N(c2ccc(C(F)(F)F)cc2)C[C@@H]3C)n1.S. The van der Waals surface area contributed by atoms with Crippen LogP contribution in [0, 0.1) is 0 Å². The van der Waals surface area contributed by atoms with Crippen LogP contribution < -0.4 is 15.0 Å². The molecule has 174 valence electrons. The maximum absolute atomic E-state index is 13.2. The van der Waals surface area contributed by atoms with Gasteiger partial charge >= 0.3 is 6.18 Å². The van der Waals surface area contributed by atoms with Crippen LogP contribution in [-0.4, -0.2) is 40.2 Å². The van der Waals surface area contributed by atoms with Crippen molar-refractivity contribution in [2.24, 2.45) is 0 Å². The number of methoxy groups -OCH3 is 1. The van der Waals surface area contributed by atoms with Gasteiger partial charge in [-0.25, -0.2) is 4.98 Å². The fourth-order valence-corrected chi connectivity index (χ4v) is 3.45. The van der Waals surface area contributed by atoms with E-state index in [9.17, 15) is 22.8 Å². The van der Waals surface area contributed by atoms with Crippen molar-refractivity contribution in [3.05, 3.63) is 65.6 Å². The molecule has 0 bridgehead atoms. The molecule has 0 spiro atoms. The maximum Gasteiger partial charge on any atom is 0.416 e. The van der Waals surface area contributed by atoms with Gasteiger partial charge in [0.2, 0.25) is 5.88 Å². The van der Waals surface area contributed by atoms with Gasteiger partial charge in [-0.2, -0.15) is 31.8 Å². The number of anilines is 2. The fraction of sp³-hybridized carbons (Fsp3) is 0.238. The number of nitrogens with zero attached hydrogens (tertiary/aromatic N) is 4. The Bertz CT molecular complexity index is 1180. The van der Waals surface area contributed by atoms with Gasteiger partial charge in [-0.05, 0) is 37.3 Å². The van der Waals surface area contributed by atoms with Crippen molar-refractivity contribution in [1.82, 2.24) is 14.8 Å². The van der Waals surface area contributed by atoms with E-state index in [4.69, 9.17) is 4.74 Å². The van der Waals surface area contributed by atoms with Gasteiger partial charge < -0.3 is 15.0 Å². The lowest BCUT2D eigenvalue weighted by molar-refractivity contribution is -0.137. The Labute approximate surface area is 193 Å². The highest BCUT2D eigenvalue weighted by Gasteiger charge is 2.35. The van der Waals surface area contributed by atoms with Gasteiger partial charge in [0.15, 0.2) is 5.69 Å². The summed E-state index contributed by atoms with van der Waals surface area (Å²) in [5, 5.41) is 6.84. The van der Waals surface area contributed by atoms with E-state index < -0.39 is 23.6 Å². The smallest absolute Gasteiger partial charge is 0.416 e. The molecule has 33 heavy (non-hydrogen) atoms. The lowest BCUT2D eigenvalue weighted by atomic mass is 10.1. The zero-order valence-electron chi connectivity index (χ0n) is 17.6. The molecule has 1 atom stereocenters. The number of ether oxygens (including phenoxy) is 1. The van der Waals surface area contributed by atoms with Crippen molar-refractivity contribution in [3.8, 4) is 5.88 Å². The number of alkyl halides is 3. The van der Waals surface area contributed by atoms with E-state index in [1.165, 1.54) is 41.1 Å². The normalized spacial score (nSPS) is 15.5. The summed E-state index contributed by atoms with van der Waals surface area (Å²) in [6, 6.07) is 8.76. The first-order chi connectivity index (χ1) is 15.2. The summed E-state index contributed by atoms with van der Waals surface area (Å²) >= 11 is 0. The monoisotopic (exact) mass is 479 g/mol. The van der Waals surface area contributed by atoms with Crippen molar-refractivity contribution >= 4 is 36.7 Å². The molecule has 1 aliphatic rings. The van der Waals surface area contributed by atoms with Gasteiger partial charge in [0.05, 0.1) is 30.6 Å². The van der Waals surface area contributed by atoms with Crippen LogP contribution in [0.1, 0.15) is 39.5 Å². The lowest BCUT2D eigenvalue weighted by Gasteiger charge is -2.32. The van der Waals surface area contributed by atoms with Crippen LogP contribution in [0.25, 0.3) is 0 Å². The summed E-state index contributed by atoms with van der Waals surface area (Å²) in [5.41, 5.74) is -0.107. The van der Waals surface area contributed by atoms with E-state index >= 15 is 0 Å². The van der Waals surface area contributed by atoms with E-state index in [1.807, 2.05) is 6.92 Å². The van der Waals surface area contributed by atoms with E-state index in [2.05, 4.69) is 15.4 Å². The van der Waals surface area contributed by atoms with Crippen molar-refractivity contribution in [2.75, 3.05) is 23.9 Å². The van der Waals surface area contributed by atoms with Crippen LogP contribution >= 0.6 is 13.5 Å². The molecule has 0 aliphatic carbocycles. The van der Waals surface area contributed by atoms with Gasteiger partial charge in [0, 0.05) is 18.3 Å². The van der Waals surface area contributed by atoms with Crippen LogP contribution in [0.15, 0.2) is 48.7 Å². The largest absolute Gasteiger partial charge is 0.481 e. The van der Waals surface area contributed by atoms with Crippen LogP contribution in [0.3, 0.4) is 0 Å². The van der Waals surface area contributed by atoms with Crippen LogP contribution in [0.4, 0.5) is 24.5 Å². The molecule has 0 unspecified atom stereocenters. The number of aromatic nitrogens is 3. The second-order valence-electron chi connectivity index (χ2n) is 7.18. The van der Waals surface area contributed by atoms with Gasteiger partial charge in [-0.15, -0.1) is 0 Å². The Morgan fingerprint density at radius 1 is 1.18 bits per heavy atom. The number of amides is 2. The van der Waals surface area contributed by atoms with Crippen LogP contribution in [-0.2, 0) is 6.18 Å². The lowest BCUT2D eigenvalue weighted by Crippen LogP contribution is -2.43. The molecule has 2 aromatic heterocycles. The number of nitrogens with one attached hydrogen (secondary N) is 1. The van der Waals surface area contributed by atoms with Crippen molar-refractivity contribution in [2.45, 2.75) is 19.1 Å². The summed E-state index contributed by atoms with van der Waals surface area (Å²) in [5.74, 6) is -0.797. The first-order valence-corrected chi connectivity index (χ1v) is 9.58. The van der Waals surface area contributed by atoms with Crippen molar-refractivity contribution in [3.63, 3.8) is 0 Å². The molecule has 0 saturated carbocycles. The predicted molar refractivity (Wildman–Crippen MR) is 119 cm³/mol. The number of pyridine rings is 1. The zero-order valence-corrected chi connectivity index (χ0v) is 18.6. The predicted octanol–water partition coefficient (Wildman–Crippen LogP) is 3.89. The van der Waals surface area contributed by atoms with Gasteiger partial charge in [-0.3, -0.25) is 14.3 Å². The fourth-order valence-electron chi connectivity index (χ4n) is 3.45. The molecule has 8 nitrogen and oxygen atoms in total. The number of carbonyl (C=O) groups excluding carboxylic acids is 2. The minimum Gasteiger partial charge on any atom is -0.481 e. The number of hydrogen-bond acceptors (Lipinski definition) is 5. The minimum absolute atomic E-state index is 0. The topological polar surface area (TPSA) is 89.3 Å². The standard InChI is InChI=1S/C21H18F3N5O3.H2S/c1-12-11-28(14-8-6-13(7-9-14)21(22,23)24)20(31)18-16(10-25-29(12)18)27-19(30)15-4-3-5-17(26-15)32-2;/h3-10,12H,11H2,1-2H3,(H,27,30);1H2/t12-;/m0./s1. The number of hydrogen-bond donors (Lipinski definition) is 1. The Balaban J connectivity index is 0.00000306. The van der Waals surface area contributed by atoms with Crippen molar-refractivity contribution in [1.29, 1.82) is 0 Å². The van der Waals surface area contributed by atoms with E-state index in [-0.39, 0.29) is 49.0 Å². The van der Waals surface area contributed by atoms with E-state index in [0.29, 0.717) is 5.69 Å². The molecule has 1 aromatic carbocycles. The van der Waals surface area contributed by atoms with Crippen LogP contribution in [0.5, 0.6) is 5.88 Å². The number of rotatable bonds is 4. The first kappa shape index (κ1) is 24.1. The molecule has 0 fully saturated rings. The number of halogens is 3. The minimum atomic E-state index is -4.47. The summed E-state index contributed by atoms with van der Waals surface area (Å²) in [6.07, 6.45) is -3.11. The van der Waals surface area contributed by atoms with Gasteiger partial charge in [-0.1, -0.05) is 6.07 Å². The second kappa shape index (κ2) is 9.14. The molecule has 4 rings (SSSR count). The van der Waals surface area contributed by atoms with Gasteiger partial charge in [0.1, 0.15) is 5.69 Å². The summed E-state index contributed by atoms with van der Waals surface area (Å²) < 4.78 is 45.1. The van der Waals surface area contributed by atoms with Gasteiger partial charge in [0.25, 0.3) is 11.8 Å². The third kappa shape index (κ3) is 4.65. The maximum atomic E-state index is 13.2. The molecular weight excluding hydrogens is 459 g/mol. The molecular formula is C21H20F3N5O3S. The molecule has 3 aromatic rings. The average Bonchev–Trinajstić information content (AvgIpc) is 3.20. The third-order valence-electron chi connectivity index (χ3n) is 5.03. The van der Waals surface area contributed by atoms with E-state index in [1.54, 1.807) is 12.1 Å². The Hall–Kier alpha value is -3.54. The molecule has 0 saturated heterocycles. The second-order valence-corrected chi connectivity index (χ2v) is 7.18. The summed E-state index contributed by atoms with van der Waals surface area (Å²) in [6.45, 7) is 2.03. The average molecular weight is 479 g/mol. The highest BCUT2D eigenvalue weighted by molar-refractivity contribution is 7.59. The quantitative estimate of drug-likeness (QED) is 0.613. The molecule has 12 heteroatoms. The van der Waals surface area contributed by atoms with E-state index in [0.717, 1.165) is 12.1 Å². The Kier molecular flexibility index (Phi) is 6.68. The third-order valence-corrected chi connectivity index (χ3v) is 5.03. The number of fused-ring (bicyclic) bond motifs is 1. The Morgan fingerprint density at radius 3 is 2.52 bits per heavy atom. The molecule has 2 amide bonds. The number of carbonyl (C=O) groups is 2. The molecule has 3 heterocycles. The summed E-state index contributed by atoms with van der Waals surface area (Å²) in [7, 11) is 1.42. The van der Waals surface area contributed by atoms with Crippen LogP contribution in [0.2, 0.25) is 0 Å². The molecule has 0 radical (unpaired) electrons. The number of benzene rings is 1. The summed E-state index contributed by atoms with van der Waals surface area (Å²) in [4.78, 5) is 31.3. The highest BCUT2D eigenvalue weighted by Crippen LogP contribution is 2.33. The Morgan fingerprint density at radius 2 is 1.88 bits per heavy atom. The first-order valence-electron chi connectivity index (χ1n) is 9.58. The highest BCUT2D eigenvalue weighted by atomic mass is 32.1. The molecule has 1 N–H and O–H groups in total. The molecule has 1 aliphatic heterocycles. The zero-order chi connectivity index (χ0) is 23.0.